The van der Waals surface area contributed by atoms with Crippen molar-refractivity contribution in [2.75, 3.05) is 19.8 Å². The summed E-state index contributed by atoms with van der Waals surface area (Å²) in [6, 6.07) is -3.44. The first-order valence-corrected chi connectivity index (χ1v) is 8.91. The van der Waals surface area contributed by atoms with E-state index < -0.39 is 42.5 Å². The maximum atomic E-state index is 12.5. The number of ether oxygens (including phenoxy) is 3. The maximum Gasteiger partial charge on any atom is 0.460 e. The highest BCUT2D eigenvalue weighted by Gasteiger charge is 2.49. The first kappa shape index (κ1) is 24.2. The molecule has 0 spiro atoms. The Morgan fingerprint density at radius 3 is 2.30 bits per heavy atom. The number of urea groups is 3. The van der Waals surface area contributed by atoms with Gasteiger partial charge in [-0.2, -0.15) is 4.90 Å². The Balaban J connectivity index is 3.14. The topological polar surface area (TPSA) is 140 Å². The Bertz CT molecular complexity index is 801. The zero-order valence-electron chi connectivity index (χ0n) is 16.6. The van der Waals surface area contributed by atoms with Crippen LogP contribution in [0.5, 0.6) is 0 Å². The summed E-state index contributed by atoms with van der Waals surface area (Å²) in [5.74, 6) is -2.39. The SMILES string of the molecule is C=CC(=O)OCCN1C(=O)N(C=COC(=O)CC)C(=O)[N+](=CC(=O)OCCC)C1=O. The first-order valence-electron chi connectivity index (χ1n) is 8.91. The van der Waals surface area contributed by atoms with Crippen LogP contribution < -0.4 is 0 Å². The highest BCUT2D eigenvalue weighted by Crippen LogP contribution is 2.13. The predicted molar refractivity (Wildman–Crippen MR) is 99.0 cm³/mol. The summed E-state index contributed by atoms with van der Waals surface area (Å²) in [6.07, 6.45) is 3.67. The van der Waals surface area contributed by atoms with Gasteiger partial charge in [0.25, 0.3) is 0 Å². The third-order valence-electron chi connectivity index (χ3n) is 3.39. The number of imide groups is 3. The van der Waals surface area contributed by atoms with Crippen molar-refractivity contribution < 1.29 is 47.6 Å². The average molecular weight is 424 g/mol. The van der Waals surface area contributed by atoms with E-state index in [1.807, 2.05) is 0 Å². The normalized spacial score (nSPS) is 15.5. The second kappa shape index (κ2) is 11.9. The molecule has 1 aliphatic rings. The maximum absolute atomic E-state index is 12.5. The number of amides is 6. The summed E-state index contributed by atoms with van der Waals surface area (Å²) in [5, 5.41) is 0. The van der Waals surface area contributed by atoms with Crippen LogP contribution in [0.15, 0.2) is 25.1 Å². The highest BCUT2D eigenvalue weighted by molar-refractivity contribution is 6.24. The molecule has 0 aliphatic carbocycles. The molecule has 1 rings (SSSR count). The van der Waals surface area contributed by atoms with E-state index in [1.165, 1.54) is 6.92 Å². The van der Waals surface area contributed by atoms with Gasteiger partial charge in [0, 0.05) is 12.5 Å². The number of carbonyl (C=O) groups excluding carboxylic acids is 6. The molecule has 0 unspecified atom stereocenters. The number of esters is 3. The fraction of sp³-hybridized carbons (Fsp3) is 0.389. The van der Waals surface area contributed by atoms with E-state index in [0.717, 1.165) is 18.5 Å². The summed E-state index contributed by atoms with van der Waals surface area (Å²) in [5.41, 5.74) is 0. The lowest BCUT2D eigenvalue weighted by Gasteiger charge is -2.24. The van der Waals surface area contributed by atoms with E-state index in [1.54, 1.807) is 6.92 Å². The van der Waals surface area contributed by atoms with E-state index in [-0.39, 0.29) is 19.6 Å². The minimum atomic E-state index is -1.19. The third kappa shape index (κ3) is 6.65. The van der Waals surface area contributed by atoms with Crippen LogP contribution in [0.25, 0.3) is 0 Å². The molecule has 0 bridgehead atoms. The molecule has 0 N–H and O–H groups in total. The number of hydrogen-bond donors (Lipinski definition) is 0. The summed E-state index contributed by atoms with van der Waals surface area (Å²) >= 11 is 0. The molecule has 1 fully saturated rings. The van der Waals surface area contributed by atoms with Gasteiger partial charge in [-0.15, -0.1) is 9.48 Å². The molecule has 12 heteroatoms. The Morgan fingerprint density at radius 1 is 1.03 bits per heavy atom. The molecule has 1 aliphatic heterocycles. The second-order valence-electron chi connectivity index (χ2n) is 5.54. The molecule has 0 aromatic carbocycles. The Morgan fingerprint density at radius 2 is 1.70 bits per heavy atom. The van der Waals surface area contributed by atoms with Gasteiger partial charge in [0.2, 0.25) is 0 Å². The molecule has 0 aromatic heterocycles. The van der Waals surface area contributed by atoms with E-state index in [0.29, 0.717) is 27.0 Å². The smallest absolute Gasteiger partial charge is 0.460 e. The van der Waals surface area contributed by atoms with E-state index in [2.05, 4.69) is 11.3 Å². The van der Waals surface area contributed by atoms with Gasteiger partial charge < -0.3 is 14.2 Å². The van der Waals surface area contributed by atoms with Crippen LogP contribution in [0.2, 0.25) is 0 Å². The van der Waals surface area contributed by atoms with Gasteiger partial charge in [0.1, 0.15) is 25.6 Å². The predicted octanol–water partition coefficient (Wildman–Crippen LogP) is 1.15. The van der Waals surface area contributed by atoms with E-state index in [4.69, 9.17) is 9.47 Å². The molecule has 0 saturated carbocycles. The zero-order chi connectivity index (χ0) is 22.7. The molecule has 162 valence electrons. The zero-order valence-corrected chi connectivity index (χ0v) is 16.6. The van der Waals surface area contributed by atoms with Crippen molar-refractivity contribution >= 4 is 42.2 Å². The lowest BCUT2D eigenvalue weighted by Crippen LogP contribution is -2.59. The molecule has 12 nitrogen and oxygen atoms in total. The third-order valence-corrected chi connectivity index (χ3v) is 3.39. The largest absolute Gasteiger partial charge is 0.460 e. The summed E-state index contributed by atoms with van der Waals surface area (Å²) in [7, 11) is 0. The number of hydrogen-bond acceptors (Lipinski definition) is 9. The molecule has 0 radical (unpaired) electrons. The van der Waals surface area contributed by atoms with Crippen LogP contribution in [0, 0.1) is 0 Å². The number of nitrogens with zero attached hydrogens (tertiary/aromatic N) is 3. The number of rotatable bonds is 10. The monoisotopic (exact) mass is 424 g/mol. The van der Waals surface area contributed by atoms with Crippen molar-refractivity contribution in [2.24, 2.45) is 0 Å². The van der Waals surface area contributed by atoms with Gasteiger partial charge in [-0.05, 0) is 6.42 Å². The first-order chi connectivity index (χ1) is 14.3. The van der Waals surface area contributed by atoms with Gasteiger partial charge in [0.05, 0.1) is 6.61 Å². The van der Waals surface area contributed by atoms with Gasteiger partial charge in [-0.25, -0.2) is 24.0 Å². The standard InChI is InChI=1S/C18H22N3O9/c1-4-9-28-15(24)12-21-17(26)19(7-10-29-13(22)5-2)16(25)20(18(21)27)8-11-30-14(23)6-3/h5,8,11-12H,2,4,6-7,9-10H2,1,3H3/q+1. The van der Waals surface area contributed by atoms with Crippen molar-refractivity contribution in [1.82, 2.24) is 9.80 Å². The van der Waals surface area contributed by atoms with Gasteiger partial charge in [-0.3, -0.25) is 4.79 Å². The molecular weight excluding hydrogens is 402 g/mol. The molecule has 6 amide bonds. The molecule has 1 heterocycles. The molecule has 0 aromatic rings. The molecule has 0 atom stereocenters. The Hall–Kier alpha value is -3.83. The minimum Gasteiger partial charge on any atom is -0.460 e. The average Bonchev–Trinajstić information content (AvgIpc) is 2.73. The van der Waals surface area contributed by atoms with Crippen molar-refractivity contribution in [3.63, 3.8) is 0 Å². The summed E-state index contributed by atoms with van der Waals surface area (Å²) in [4.78, 5) is 72.8. The Labute approximate surface area is 171 Å². The Kier molecular flexibility index (Phi) is 9.59. The lowest BCUT2D eigenvalue weighted by atomic mass is 10.4. The fourth-order valence-corrected chi connectivity index (χ4v) is 1.94. The van der Waals surface area contributed by atoms with Crippen LogP contribution in [-0.4, -0.2) is 76.3 Å². The van der Waals surface area contributed by atoms with Crippen molar-refractivity contribution in [2.45, 2.75) is 26.7 Å². The van der Waals surface area contributed by atoms with Crippen LogP contribution in [-0.2, 0) is 28.6 Å². The van der Waals surface area contributed by atoms with Crippen LogP contribution in [0.4, 0.5) is 14.4 Å². The van der Waals surface area contributed by atoms with Crippen LogP contribution >= 0.6 is 0 Å². The van der Waals surface area contributed by atoms with Gasteiger partial charge in [-0.1, -0.05) is 20.4 Å². The second-order valence-corrected chi connectivity index (χ2v) is 5.54. The lowest BCUT2D eigenvalue weighted by molar-refractivity contribution is -0.342. The quantitative estimate of drug-likeness (QED) is 0.166. The highest BCUT2D eigenvalue weighted by atomic mass is 16.5. The summed E-state index contributed by atoms with van der Waals surface area (Å²) < 4.78 is 14.6. The van der Waals surface area contributed by atoms with E-state index >= 15 is 0 Å². The van der Waals surface area contributed by atoms with Crippen molar-refractivity contribution in [3.8, 4) is 0 Å². The molecule has 1 saturated heterocycles. The van der Waals surface area contributed by atoms with E-state index in [9.17, 15) is 28.8 Å². The van der Waals surface area contributed by atoms with Crippen LogP contribution in [0.3, 0.4) is 0 Å². The summed E-state index contributed by atoms with van der Waals surface area (Å²) in [6.45, 7) is 5.76. The molecular formula is C18H22N3O9+. The van der Waals surface area contributed by atoms with Gasteiger partial charge in [0.15, 0.2) is 6.21 Å². The number of carbonyl (C=O) groups is 6. The van der Waals surface area contributed by atoms with Crippen molar-refractivity contribution in [1.29, 1.82) is 0 Å². The van der Waals surface area contributed by atoms with Crippen LogP contribution in [0.1, 0.15) is 26.7 Å². The fourth-order valence-electron chi connectivity index (χ4n) is 1.94. The van der Waals surface area contributed by atoms with Crippen molar-refractivity contribution in [3.05, 3.63) is 25.1 Å². The molecule has 30 heavy (non-hydrogen) atoms. The minimum absolute atomic E-state index is 0.0503. The van der Waals surface area contributed by atoms with Gasteiger partial charge >= 0.3 is 36.0 Å².